The van der Waals surface area contributed by atoms with Crippen molar-refractivity contribution >= 4 is 51.7 Å². The van der Waals surface area contributed by atoms with E-state index in [1.54, 1.807) is 17.2 Å². The number of nitrogens with one attached hydrogen (secondary N) is 1. The van der Waals surface area contributed by atoms with E-state index in [4.69, 9.17) is 21.7 Å². The van der Waals surface area contributed by atoms with Gasteiger partial charge in [-0.15, -0.1) is 0 Å². The summed E-state index contributed by atoms with van der Waals surface area (Å²) in [4.78, 5) is 33.1. The molecule has 1 unspecified atom stereocenters. The second kappa shape index (κ2) is 10.8. The minimum atomic E-state index is -0.236. The number of aryl methyl sites for hydroxylation is 1. The van der Waals surface area contributed by atoms with E-state index >= 15 is 0 Å². The number of ether oxygens (including phenoxy) is 2. The Morgan fingerprint density at radius 2 is 2.24 bits per heavy atom. The van der Waals surface area contributed by atoms with Crippen LogP contribution in [0.15, 0.2) is 28.0 Å². The Labute approximate surface area is 202 Å². The lowest BCUT2D eigenvalue weighted by molar-refractivity contribution is -0.122. The Morgan fingerprint density at radius 1 is 1.39 bits per heavy atom. The summed E-state index contributed by atoms with van der Waals surface area (Å²) >= 11 is 6.64. The largest absolute Gasteiger partial charge is 0.382 e. The Hall–Kier alpha value is -2.27. The summed E-state index contributed by atoms with van der Waals surface area (Å²) in [5.74, 6) is 0.251. The number of nitrogens with zero attached hydrogens (tertiary/aromatic N) is 3. The molecule has 2 aromatic rings. The van der Waals surface area contributed by atoms with Crippen molar-refractivity contribution in [2.24, 2.45) is 0 Å². The van der Waals surface area contributed by atoms with E-state index in [0.29, 0.717) is 59.0 Å². The highest BCUT2D eigenvalue weighted by Gasteiger charge is 2.32. The summed E-state index contributed by atoms with van der Waals surface area (Å²) < 4.78 is 13.1. The van der Waals surface area contributed by atoms with Crippen molar-refractivity contribution in [1.82, 2.24) is 14.3 Å². The zero-order valence-corrected chi connectivity index (χ0v) is 20.5. The fraction of sp³-hybridized carbons (Fsp3) is 0.478. The van der Waals surface area contributed by atoms with E-state index < -0.39 is 0 Å². The monoisotopic (exact) mass is 488 g/mol. The number of carbonyl (C=O) groups excluding carboxylic acids is 1. The molecule has 0 bridgehead atoms. The molecule has 4 heterocycles. The number of thioether (sulfide) groups is 1. The third kappa shape index (κ3) is 5.46. The van der Waals surface area contributed by atoms with Gasteiger partial charge in [-0.3, -0.25) is 18.9 Å². The molecule has 2 aliphatic heterocycles. The lowest BCUT2D eigenvalue weighted by atomic mass is 10.2. The van der Waals surface area contributed by atoms with E-state index in [-0.39, 0.29) is 17.6 Å². The van der Waals surface area contributed by atoms with Gasteiger partial charge in [0.15, 0.2) is 0 Å². The zero-order valence-electron chi connectivity index (χ0n) is 18.8. The molecule has 10 heteroatoms. The molecule has 176 valence electrons. The molecule has 0 aliphatic carbocycles. The topological polar surface area (TPSA) is 85.2 Å². The Morgan fingerprint density at radius 3 is 3.00 bits per heavy atom. The van der Waals surface area contributed by atoms with Gasteiger partial charge in [-0.25, -0.2) is 4.98 Å². The average Bonchev–Trinajstić information content (AvgIpc) is 3.41. The van der Waals surface area contributed by atoms with Crippen molar-refractivity contribution in [3.05, 3.63) is 44.7 Å². The van der Waals surface area contributed by atoms with Crippen LogP contribution in [0.3, 0.4) is 0 Å². The van der Waals surface area contributed by atoms with Gasteiger partial charge < -0.3 is 14.8 Å². The molecule has 0 radical (unpaired) electrons. The summed E-state index contributed by atoms with van der Waals surface area (Å²) in [6.45, 7) is 6.84. The van der Waals surface area contributed by atoms with E-state index in [1.807, 2.05) is 26.0 Å². The van der Waals surface area contributed by atoms with Crippen molar-refractivity contribution in [2.45, 2.75) is 39.2 Å². The van der Waals surface area contributed by atoms with Gasteiger partial charge in [0.2, 0.25) is 0 Å². The SMILES string of the molecule is CCOCCCN1C(=O)C(=Cc2c(NCC3CCCO3)nc3ccc(C)cn3c2=O)SC1=S. The molecular formula is C23H28N4O4S2. The smallest absolute Gasteiger partial charge is 0.267 e. The number of pyridine rings is 1. The van der Waals surface area contributed by atoms with Gasteiger partial charge in [-0.2, -0.15) is 0 Å². The average molecular weight is 489 g/mol. The number of fused-ring (bicyclic) bond motifs is 1. The van der Waals surface area contributed by atoms with Crippen LogP contribution in [0.1, 0.15) is 37.3 Å². The number of hydrogen-bond acceptors (Lipinski definition) is 8. The number of rotatable bonds is 9. The standard InChI is InChI=1S/C23H28N4O4S2/c1-3-30-10-5-9-26-22(29)18(33-23(26)32)12-17-20(24-13-16-6-4-11-31-16)25-19-8-7-15(2)14-27(19)21(17)28/h7-8,12,14,16,24H,3-6,9-11,13H2,1-2H3. The van der Waals surface area contributed by atoms with Gasteiger partial charge >= 0.3 is 0 Å². The quantitative estimate of drug-likeness (QED) is 0.327. The second-order valence-corrected chi connectivity index (χ2v) is 9.69. The van der Waals surface area contributed by atoms with E-state index in [9.17, 15) is 9.59 Å². The molecule has 1 amide bonds. The van der Waals surface area contributed by atoms with E-state index in [2.05, 4.69) is 10.3 Å². The predicted octanol–water partition coefficient (Wildman–Crippen LogP) is 3.22. The molecule has 0 spiro atoms. The molecule has 1 atom stereocenters. The number of carbonyl (C=O) groups is 1. The molecule has 2 aliphatic rings. The summed E-state index contributed by atoms with van der Waals surface area (Å²) in [6.07, 6.45) is 6.14. The predicted molar refractivity (Wildman–Crippen MR) is 135 cm³/mol. The summed E-state index contributed by atoms with van der Waals surface area (Å²) in [5, 5.41) is 3.28. The number of anilines is 1. The first-order valence-electron chi connectivity index (χ1n) is 11.2. The maximum Gasteiger partial charge on any atom is 0.267 e. The molecule has 4 rings (SSSR count). The van der Waals surface area contributed by atoms with Crippen LogP contribution in [-0.2, 0) is 14.3 Å². The fourth-order valence-corrected chi connectivity index (χ4v) is 5.12. The van der Waals surface area contributed by atoms with Gasteiger partial charge in [-0.05, 0) is 50.8 Å². The van der Waals surface area contributed by atoms with Crippen LogP contribution < -0.4 is 10.9 Å². The third-order valence-corrected chi connectivity index (χ3v) is 6.93. The second-order valence-electron chi connectivity index (χ2n) is 8.01. The normalized spacial score (nSPS) is 19.9. The van der Waals surface area contributed by atoms with E-state index in [1.165, 1.54) is 16.2 Å². The van der Waals surface area contributed by atoms with Crippen molar-refractivity contribution in [3.63, 3.8) is 0 Å². The Balaban J connectivity index is 1.66. The van der Waals surface area contributed by atoms with Crippen LogP contribution in [0.4, 0.5) is 5.82 Å². The minimum absolute atomic E-state index is 0.0830. The van der Waals surface area contributed by atoms with Gasteiger partial charge in [0, 0.05) is 39.1 Å². The summed E-state index contributed by atoms with van der Waals surface area (Å²) in [5.41, 5.74) is 1.59. The van der Waals surface area contributed by atoms with Crippen molar-refractivity contribution in [1.29, 1.82) is 0 Å². The van der Waals surface area contributed by atoms with Crippen LogP contribution in [0, 0.1) is 6.92 Å². The fourth-order valence-electron chi connectivity index (χ4n) is 3.83. The maximum absolute atomic E-state index is 13.4. The molecular weight excluding hydrogens is 460 g/mol. The summed E-state index contributed by atoms with van der Waals surface area (Å²) in [6, 6.07) is 3.73. The highest BCUT2D eigenvalue weighted by Crippen LogP contribution is 2.33. The van der Waals surface area contributed by atoms with Crippen molar-refractivity contribution < 1.29 is 14.3 Å². The highest BCUT2D eigenvalue weighted by molar-refractivity contribution is 8.26. The maximum atomic E-state index is 13.4. The molecule has 2 fully saturated rings. The highest BCUT2D eigenvalue weighted by atomic mass is 32.2. The van der Waals surface area contributed by atoms with Crippen molar-refractivity contribution in [3.8, 4) is 0 Å². The number of hydrogen-bond donors (Lipinski definition) is 1. The molecule has 2 saturated heterocycles. The third-order valence-electron chi connectivity index (χ3n) is 5.55. The lowest BCUT2D eigenvalue weighted by Crippen LogP contribution is -2.30. The van der Waals surface area contributed by atoms with Gasteiger partial charge in [0.25, 0.3) is 11.5 Å². The van der Waals surface area contributed by atoms with Crippen LogP contribution in [0.25, 0.3) is 11.7 Å². The zero-order chi connectivity index (χ0) is 23.4. The van der Waals surface area contributed by atoms with Crippen LogP contribution >= 0.6 is 24.0 Å². The van der Waals surface area contributed by atoms with Gasteiger partial charge in [-0.1, -0.05) is 30.0 Å². The van der Waals surface area contributed by atoms with Crippen LogP contribution in [0.2, 0.25) is 0 Å². The first-order valence-corrected chi connectivity index (χ1v) is 12.4. The Bertz CT molecular complexity index is 1140. The molecule has 8 nitrogen and oxygen atoms in total. The van der Waals surface area contributed by atoms with Gasteiger partial charge in [0.1, 0.15) is 15.8 Å². The molecule has 2 aromatic heterocycles. The molecule has 0 aromatic carbocycles. The van der Waals surface area contributed by atoms with Gasteiger partial charge in [0.05, 0.1) is 16.6 Å². The number of thiocarbonyl (C=S) groups is 1. The minimum Gasteiger partial charge on any atom is -0.382 e. The Kier molecular flexibility index (Phi) is 7.79. The summed E-state index contributed by atoms with van der Waals surface area (Å²) in [7, 11) is 0. The molecule has 1 N–H and O–H groups in total. The van der Waals surface area contributed by atoms with Crippen molar-refractivity contribution in [2.75, 3.05) is 38.2 Å². The van der Waals surface area contributed by atoms with Crippen LogP contribution in [0.5, 0.6) is 0 Å². The first kappa shape index (κ1) is 23.9. The van der Waals surface area contributed by atoms with E-state index in [0.717, 1.165) is 25.0 Å². The first-order chi connectivity index (χ1) is 16.0. The molecule has 0 saturated carbocycles. The van der Waals surface area contributed by atoms with Crippen LogP contribution in [-0.4, -0.2) is 63.5 Å². The number of amides is 1. The molecule has 33 heavy (non-hydrogen) atoms. The number of aromatic nitrogens is 2. The lowest BCUT2D eigenvalue weighted by Gasteiger charge is -2.15.